The number of hydrogen-bond donors (Lipinski definition) is 2. The van der Waals surface area contributed by atoms with Gasteiger partial charge in [0, 0.05) is 5.92 Å². The number of hydrogen-bond acceptors (Lipinski definition) is 3. The van der Waals surface area contributed by atoms with E-state index < -0.39 is 11.0 Å². The number of allylic oxidation sites excluding steroid dienone is 2. The van der Waals surface area contributed by atoms with Gasteiger partial charge in [-0.1, -0.05) is 17.7 Å². The average Bonchev–Trinajstić information content (AvgIpc) is 2.38. The topological polar surface area (TPSA) is 57.5 Å². The van der Waals surface area contributed by atoms with Gasteiger partial charge >= 0.3 is 0 Å². The van der Waals surface area contributed by atoms with E-state index >= 15 is 0 Å². The van der Waals surface area contributed by atoms with Crippen LogP contribution < -0.4 is 5.43 Å². The summed E-state index contributed by atoms with van der Waals surface area (Å²) in [5.74, 6) is -0.192. The zero-order chi connectivity index (χ0) is 13.5. The predicted molar refractivity (Wildman–Crippen MR) is 70.7 cm³/mol. The third kappa shape index (κ3) is 2.18. The molecule has 0 heterocycles. The van der Waals surface area contributed by atoms with Crippen molar-refractivity contribution in [2.45, 2.75) is 38.7 Å². The van der Waals surface area contributed by atoms with Crippen LogP contribution in [-0.4, -0.2) is 10.2 Å². The summed E-state index contributed by atoms with van der Waals surface area (Å²) in [6.45, 7) is 5.72. The van der Waals surface area contributed by atoms with Gasteiger partial charge in [-0.25, -0.2) is 0 Å². The molecule has 1 aliphatic carbocycles. The van der Waals surface area contributed by atoms with Gasteiger partial charge in [-0.3, -0.25) is 4.79 Å². The minimum Gasteiger partial charge on any atom is -0.504 e. The number of aromatic hydroxyl groups is 1. The Morgan fingerprint density at radius 3 is 2.72 bits per heavy atom. The fourth-order valence-electron chi connectivity index (χ4n) is 2.62. The molecule has 1 aromatic rings. The molecule has 1 aromatic carbocycles. The van der Waals surface area contributed by atoms with Crippen molar-refractivity contribution in [2.24, 2.45) is 0 Å². The Kier molecular flexibility index (Phi) is 3.03. The third-order valence-corrected chi connectivity index (χ3v) is 3.39. The van der Waals surface area contributed by atoms with Crippen molar-refractivity contribution in [3.8, 4) is 5.75 Å². The first-order valence-corrected chi connectivity index (χ1v) is 6.06. The molecule has 2 atom stereocenters. The van der Waals surface area contributed by atoms with Crippen LogP contribution in [0.2, 0.25) is 0 Å². The summed E-state index contributed by atoms with van der Waals surface area (Å²) in [7, 11) is 0. The molecule has 2 rings (SSSR count). The quantitative estimate of drug-likeness (QED) is 0.748. The minimum atomic E-state index is -1.02. The Bertz CT molecular complexity index is 566. The van der Waals surface area contributed by atoms with E-state index in [1.807, 2.05) is 13.8 Å². The predicted octanol–water partition coefficient (Wildman–Crippen LogP) is 2.41. The first-order valence-electron chi connectivity index (χ1n) is 6.06. The lowest BCUT2D eigenvalue weighted by Crippen LogP contribution is -2.17. The van der Waals surface area contributed by atoms with Gasteiger partial charge in [0.2, 0.25) is 5.43 Å². The smallest absolute Gasteiger partial charge is 0.220 e. The average molecular weight is 246 g/mol. The maximum atomic E-state index is 11.6. The molecule has 0 bridgehead atoms. The molecule has 0 radical (unpaired) electrons. The summed E-state index contributed by atoms with van der Waals surface area (Å²) >= 11 is 0. The second kappa shape index (κ2) is 4.25. The number of fused-ring (bicyclic) bond motifs is 1. The Morgan fingerprint density at radius 2 is 2.11 bits per heavy atom. The summed E-state index contributed by atoms with van der Waals surface area (Å²) in [5, 5.41) is 19.9. The van der Waals surface area contributed by atoms with Gasteiger partial charge in [-0.05, 0) is 50.5 Å². The van der Waals surface area contributed by atoms with Crippen LogP contribution in [0.25, 0.3) is 0 Å². The van der Waals surface area contributed by atoms with Gasteiger partial charge in [-0.2, -0.15) is 0 Å². The monoisotopic (exact) mass is 246 g/mol. The maximum Gasteiger partial charge on any atom is 0.220 e. The van der Waals surface area contributed by atoms with Crippen molar-refractivity contribution in [3.05, 3.63) is 51.2 Å². The minimum absolute atomic E-state index is 0.0891. The van der Waals surface area contributed by atoms with E-state index in [0.29, 0.717) is 12.0 Å². The summed E-state index contributed by atoms with van der Waals surface area (Å²) in [6, 6.07) is 4.50. The van der Waals surface area contributed by atoms with Crippen LogP contribution in [0.5, 0.6) is 5.75 Å². The zero-order valence-corrected chi connectivity index (χ0v) is 10.9. The van der Waals surface area contributed by atoms with E-state index in [0.717, 1.165) is 5.56 Å². The molecule has 18 heavy (non-hydrogen) atoms. The van der Waals surface area contributed by atoms with E-state index in [4.69, 9.17) is 0 Å². The van der Waals surface area contributed by atoms with Crippen LogP contribution in [0, 0.1) is 0 Å². The van der Waals surface area contributed by atoms with Gasteiger partial charge in [0.05, 0.1) is 5.60 Å². The summed E-state index contributed by atoms with van der Waals surface area (Å²) in [6.07, 6.45) is 2.65. The zero-order valence-electron chi connectivity index (χ0n) is 10.9. The normalized spacial score (nSPS) is 25.7. The van der Waals surface area contributed by atoms with E-state index in [1.165, 1.54) is 17.7 Å². The van der Waals surface area contributed by atoms with E-state index in [1.54, 1.807) is 13.0 Å². The van der Waals surface area contributed by atoms with Gasteiger partial charge in [0.1, 0.15) is 0 Å². The van der Waals surface area contributed by atoms with Gasteiger partial charge in [0.25, 0.3) is 0 Å². The molecule has 0 amide bonds. The van der Waals surface area contributed by atoms with E-state index in [-0.39, 0.29) is 11.7 Å². The van der Waals surface area contributed by atoms with Crippen molar-refractivity contribution >= 4 is 0 Å². The Hall–Kier alpha value is -1.61. The van der Waals surface area contributed by atoms with Crippen molar-refractivity contribution in [1.29, 1.82) is 0 Å². The van der Waals surface area contributed by atoms with Crippen molar-refractivity contribution < 1.29 is 10.2 Å². The van der Waals surface area contributed by atoms with Crippen LogP contribution in [0.15, 0.2) is 34.6 Å². The van der Waals surface area contributed by atoms with Crippen molar-refractivity contribution in [2.75, 3.05) is 0 Å². The molecule has 0 saturated carbocycles. The molecule has 3 nitrogen and oxygen atoms in total. The molecule has 2 N–H and O–H groups in total. The first-order chi connectivity index (χ1) is 8.31. The van der Waals surface area contributed by atoms with E-state index in [9.17, 15) is 15.0 Å². The SMILES string of the molecule is CC(C)=CC1CC(C)(O)c2cc(=O)c(O)ccc21. The van der Waals surface area contributed by atoms with Gasteiger partial charge in [0.15, 0.2) is 5.75 Å². The highest BCUT2D eigenvalue weighted by Gasteiger charge is 2.37. The number of rotatable bonds is 1. The molecule has 3 heteroatoms. The van der Waals surface area contributed by atoms with Gasteiger partial charge < -0.3 is 10.2 Å². The molecule has 1 aliphatic rings. The lowest BCUT2D eigenvalue weighted by Gasteiger charge is -2.16. The summed E-state index contributed by atoms with van der Waals surface area (Å²) in [4.78, 5) is 11.6. The highest BCUT2D eigenvalue weighted by Crippen LogP contribution is 2.44. The molecule has 96 valence electrons. The Labute approximate surface area is 106 Å². The largest absolute Gasteiger partial charge is 0.504 e. The van der Waals surface area contributed by atoms with Crippen LogP contribution >= 0.6 is 0 Å². The Morgan fingerprint density at radius 1 is 1.44 bits per heavy atom. The van der Waals surface area contributed by atoms with Crippen LogP contribution in [0.3, 0.4) is 0 Å². The Balaban J connectivity index is 2.68. The van der Waals surface area contributed by atoms with Gasteiger partial charge in [-0.15, -0.1) is 0 Å². The fourth-order valence-corrected chi connectivity index (χ4v) is 2.62. The molecule has 0 aromatic heterocycles. The molecule has 2 unspecified atom stereocenters. The highest BCUT2D eigenvalue weighted by atomic mass is 16.3. The van der Waals surface area contributed by atoms with E-state index in [2.05, 4.69) is 6.08 Å². The number of aliphatic hydroxyl groups is 1. The standard InChI is InChI=1S/C15H18O3/c1-9(2)6-10-8-15(3,18)12-7-14(17)13(16)5-4-11(10)12/h4-7,10,18H,8H2,1-3H3,(H,16,17). The second-order valence-corrected chi connectivity index (χ2v) is 5.42. The second-order valence-electron chi connectivity index (χ2n) is 5.42. The fraction of sp³-hybridized carbons (Fsp3) is 0.400. The summed E-state index contributed by atoms with van der Waals surface area (Å²) < 4.78 is 0. The summed E-state index contributed by atoms with van der Waals surface area (Å²) in [5.41, 5.74) is 1.24. The maximum absolute atomic E-state index is 11.6. The molecule has 0 saturated heterocycles. The van der Waals surface area contributed by atoms with Crippen LogP contribution in [0.4, 0.5) is 0 Å². The van der Waals surface area contributed by atoms with Crippen LogP contribution in [0.1, 0.15) is 44.2 Å². The lowest BCUT2D eigenvalue weighted by atomic mass is 9.97. The highest BCUT2D eigenvalue weighted by molar-refractivity contribution is 5.44. The third-order valence-electron chi connectivity index (χ3n) is 3.39. The molecule has 0 fully saturated rings. The molecule has 0 aliphatic heterocycles. The van der Waals surface area contributed by atoms with Crippen molar-refractivity contribution in [1.82, 2.24) is 0 Å². The lowest BCUT2D eigenvalue weighted by molar-refractivity contribution is 0.0567. The molecular weight excluding hydrogens is 228 g/mol. The first kappa shape index (κ1) is 12.8. The molecular formula is C15H18O3. The van der Waals surface area contributed by atoms with Crippen LogP contribution in [-0.2, 0) is 5.60 Å². The molecule has 0 spiro atoms. The van der Waals surface area contributed by atoms with Crippen molar-refractivity contribution in [3.63, 3.8) is 0 Å².